The number of nitrogens with zero attached hydrogens (tertiary/aromatic N) is 2. The average Bonchev–Trinajstić information content (AvgIpc) is 3.61. The number of carbonyl (C=O) groups is 1. The zero-order valence-electron chi connectivity index (χ0n) is 19.0. The van der Waals surface area contributed by atoms with Gasteiger partial charge in [-0.1, -0.05) is 18.2 Å². The second-order valence-corrected chi connectivity index (χ2v) is 9.15. The van der Waals surface area contributed by atoms with Gasteiger partial charge in [-0.2, -0.15) is 5.10 Å². The number of rotatable bonds is 5. The third-order valence-electron chi connectivity index (χ3n) is 7.07. The van der Waals surface area contributed by atoms with Crippen LogP contribution in [-0.4, -0.2) is 41.1 Å². The Balaban J connectivity index is 1.30. The summed E-state index contributed by atoms with van der Waals surface area (Å²) < 4.78 is 42.6. The molecule has 6 nitrogen and oxygen atoms in total. The van der Waals surface area contributed by atoms with E-state index >= 15 is 0 Å². The molecule has 8 heteroatoms. The van der Waals surface area contributed by atoms with E-state index in [1.165, 1.54) is 24.3 Å². The molecular weight excluding hydrogens is 452 g/mol. The number of hydrogen-bond acceptors (Lipinski definition) is 4. The Morgan fingerprint density at radius 2 is 1.71 bits per heavy atom. The SMILES string of the molecule is O=C(Nc1ccc(-c2ccccc2F)c(F)c1)C1=C(c2ccnn2C2CCOCC2)[C@H]2CC[C@@H]1O2. The topological polar surface area (TPSA) is 65.4 Å². The highest BCUT2D eigenvalue weighted by atomic mass is 19.1. The predicted molar refractivity (Wildman–Crippen MR) is 127 cm³/mol. The van der Waals surface area contributed by atoms with Crippen LogP contribution in [0.4, 0.5) is 14.5 Å². The van der Waals surface area contributed by atoms with Crippen molar-refractivity contribution in [1.82, 2.24) is 9.78 Å². The van der Waals surface area contributed by atoms with E-state index in [0.29, 0.717) is 24.5 Å². The number of carbonyl (C=O) groups excluding carboxylic acids is 1. The van der Waals surface area contributed by atoms with Crippen LogP contribution in [0, 0.1) is 11.6 Å². The summed E-state index contributed by atoms with van der Waals surface area (Å²) in [5.74, 6) is -1.42. The van der Waals surface area contributed by atoms with Gasteiger partial charge in [0.1, 0.15) is 11.6 Å². The molecule has 2 saturated heterocycles. The quantitative estimate of drug-likeness (QED) is 0.553. The largest absolute Gasteiger partial charge is 0.381 e. The van der Waals surface area contributed by atoms with Crippen molar-refractivity contribution in [2.24, 2.45) is 0 Å². The molecule has 0 saturated carbocycles. The fourth-order valence-electron chi connectivity index (χ4n) is 5.42. The molecule has 1 amide bonds. The highest BCUT2D eigenvalue weighted by Gasteiger charge is 2.45. The number of benzene rings is 2. The van der Waals surface area contributed by atoms with Gasteiger partial charge in [0.05, 0.1) is 29.5 Å². The summed E-state index contributed by atoms with van der Waals surface area (Å²) in [4.78, 5) is 13.4. The first-order valence-electron chi connectivity index (χ1n) is 12.0. The zero-order chi connectivity index (χ0) is 23.9. The molecule has 0 spiro atoms. The minimum atomic E-state index is -0.608. The molecule has 180 valence electrons. The molecule has 3 aliphatic rings. The fourth-order valence-corrected chi connectivity index (χ4v) is 5.42. The Bertz CT molecular complexity index is 1310. The van der Waals surface area contributed by atoms with Crippen LogP contribution in [0.2, 0.25) is 0 Å². The molecule has 3 aliphatic heterocycles. The van der Waals surface area contributed by atoms with Gasteiger partial charge in [-0.25, -0.2) is 8.78 Å². The molecular formula is C27H25F2N3O3. The Labute approximate surface area is 201 Å². The van der Waals surface area contributed by atoms with E-state index in [2.05, 4.69) is 10.4 Å². The fraction of sp³-hybridized carbons (Fsp3) is 0.333. The molecule has 0 radical (unpaired) electrons. The molecule has 2 fully saturated rings. The molecule has 2 aromatic carbocycles. The van der Waals surface area contributed by atoms with Gasteiger partial charge in [-0.15, -0.1) is 0 Å². The second kappa shape index (κ2) is 9.02. The summed E-state index contributed by atoms with van der Waals surface area (Å²) >= 11 is 0. The number of amides is 1. The average molecular weight is 478 g/mol. The summed E-state index contributed by atoms with van der Waals surface area (Å²) in [7, 11) is 0. The second-order valence-electron chi connectivity index (χ2n) is 9.15. The van der Waals surface area contributed by atoms with Gasteiger partial charge in [-0.3, -0.25) is 9.48 Å². The number of anilines is 1. The van der Waals surface area contributed by atoms with Gasteiger partial charge in [0, 0.05) is 41.8 Å². The summed E-state index contributed by atoms with van der Waals surface area (Å²) in [5, 5.41) is 7.40. The molecule has 6 rings (SSSR count). The maximum Gasteiger partial charge on any atom is 0.254 e. The van der Waals surface area contributed by atoms with Gasteiger partial charge < -0.3 is 14.8 Å². The van der Waals surface area contributed by atoms with E-state index in [1.54, 1.807) is 24.4 Å². The smallest absolute Gasteiger partial charge is 0.254 e. The zero-order valence-corrected chi connectivity index (χ0v) is 19.0. The highest BCUT2D eigenvalue weighted by Crippen LogP contribution is 2.45. The van der Waals surface area contributed by atoms with E-state index in [1.807, 2.05) is 10.7 Å². The lowest BCUT2D eigenvalue weighted by Gasteiger charge is -2.26. The number of hydrogen-bond donors (Lipinski definition) is 1. The first-order valence-corrected chi connectivity index (χ1v) is 12.0. The highest BCUT2D eigenvalue weighted by molar-refractivity contribution is 6.11. The lowest BCUT2D eigenvalue weighted by Crippen LogP contribution is -2.26. The van der Waals surface area contributed by atoms with Crippen LogP contribution in [0.25, 0.3) is 16.7 Å². The van der Waals surface area contributed by atoms with Crippen molar-refractivity contribution in [2.75, 3.05) is 18.5 Å². The Kier molecular flexibility index (Phi) is 5.70. The van der Waals surface area contributed by atoms with Gasteiger partial charge in [0.25, 0.3) is 5.91 Å². The van der Waals surface area contributed by atoms with E-state index in [0.717, 1.165) is 37.0 Å². The Hall–Kier alpha value is -3.36. The third-order valence-corrected chi connectivity index (χ3v) is 7.07. The maximum atomic E-state index is 14.9. The lowest BCUT2D eigenvalue weighted by molar-refractivity contribution is -0.113. The van der Waals surface area contributed by atoms with Crippen molar-refractivity contribution >= 4 is 17.2 Å². The van der Waals surface area contributed by atoms with Gasteiger partial charge >= 0.3 is 0 Å². The Morgan fingerprint density at radius 1 is 0.943 bits per heavy atom. The molecule has 1 aromatic heterocycles. The van der Waals surface area contributed by atoms with Crippen molar-refractivity contribution in [1.29, 1.82) is 0 Å². The van der Waals surface area contributed by atoms with E-state index in [-0.39, 0.29) is 35.3 Å². The summed E-state index contributed by atoms with van der Waals surface area (Å²) in [5.41, 5.74) is 2.97. The van der Waals surface area contributed by atoms with E-state index in [4.69, 9.17) is 9.47 Å². The van der Waals surface area contributed by atoms with Crippen LogP contribution < -0.4 is 5.32 Å². The molecule has 1 N–H and O–H groups in total. The maximum absolute atomic E-state index is 14.9. The molecule has 0 unspecified atom stereocenters. The van der Waals surface area contributed by atoms with Crippen LogP contribution in [0.15, 0.2) is 60.3 Å². The van der Waals surface area contributed by atoms with E-state index in [9.17, 15) is 13.6 Å². The number of nitrogens with one attached hydrogen (secondary N) is 1. The van der Waals surface area contributed by atoms with Gasteiger partial charge in [0.15, 0.2) is 0 Å². The van der Waals surface area contributed by atoms with Crippen LogP contribution in [-0.2, 0) is 14.3 Å². The summed E-state index contributed by atoms with van der Waals surface area (Å²) in [6, 6.07) is 12.5. The van der Waals surface area contributed by atoms with Crippen molar-refractivity contribution in [3.8, 4) is 11.1 Å². The third kappa shape index (κ3) is 3.96. The van der Waals surface area contributed by atoms with Gasteiger partial charge in [0.2, 0.25) is 0 Å². The van der Waals surface area contributed by atoms with Crippen molar-refractivity contribution in [2.45, 2.75) is 43.9 Å². The monoisotopic (exact) mass is 477 g/mol. The van der Waals surface area contributed by atoms with Crippen LogP contribution >= 0.6 is 0 Å². The van der Waals surface area contributed by atoms with Crippen molar-refractivity contribution < 1.29 is 23.0 Å². The molecule has 35 heavy (non-hydrogen) atoms. The Morgan fingerprint density at radius 3 is 2.51 bits per heavy atom. The van der Waals surface area contributed by atoms with Gasteiger partial charge in [-0.05, 0) is 56.0 Å². The minimum Gasteiger partial charge on any atom is -0.381 e. The lowest BCUT2D eigenvalue weighted by atomic mass is 9.88. The summed E-state index contributed by atoms with van der Waals surface area (Å²) in [6.45, 7) is 1.38. The number of aromatic nitrogens is 2. The first kappa shape index (κ1) is 22.1. The van der Waals surface area contributed by atoms with Crippen LogP contribution in [0.3, 0.4) is 0 Å². The van der Waals surface area contributed by atoms with Crippen molar-refractivity contribution in [3.63, 3.8) is 0 Å². The molecule has 3 aromatic rings. The van der Waals surface area contributed by atoms with Crippen LogP contribution in [0.1, 0.15) is 37.4 Å². The number of fused-ring (bicyclic) bond motifs is 2. The molecule has 2 atom stereocenters. The van der Waals surface area contributed by atoms with Crippen molar-refractivity contribution in [3.05, 3.63) is 77.6 Å². The minimum absolute atomic E-state index is 0.143. The first-order chi connectivity index (χ1) is 17.1. The normalized spacial score (nSPS) is 22.1. The molecule has 0 aliphatic carbocycles. The number of halogens is 2. The standard InChI is InChI=1S/C27H25F2N3O3/c28-20-4-2-1-3-18(20)19-6-5-16(15-21(19)29)31-27(33)26-24-8-7-23(35-24)25(26)22-9-12-30-32(22)17-10-13-34-14-11-17/h1-6,9,12,15,17,23-24H,7-8,10-11,13-14H2,(H,31,33)/t23-,24+/m1/s1. The van der Waals surface area contributed by atoms with E-state index < -0.39 is 11.6 Å². The predicted octanol–water partition coefficient (Wildman–Crippen LogP) is 5.13. The van der Waals surface area contributed by atoms with Crippen LogP contribution in [0.5, 0.6) is 0 Å². The number of ether oxygens (including phenoxy) is 2. The summed E-state index contributed by atoms with van der Waals surface area (Å²) in [6.07, 6.45) is 4.66. The molecule has 2 bridgehead atoms. The molecule has 4 heterocycles.